The number of hydrogen-bond donors (Lipinski definition) is 0. The summed E-state index contributed by atoms with van der Waals surface area (Å²) in [5, 5.41) is 2.25. The summed E-state index contributed by atoms with van der Waals surface area (Å²) in [4.78, 5) is 0. The average Bonchev–Trinajstić information content (AvgIpc) is 1.45. The normalized spacial score (nSPS) is 11.6. The van der Waals surface area contributed by atoms with E-state index in [1.807, 2.05) is 0 Å². The molecule has 0 bridgehead atoms. The molecule has 6 heterocycles. The van der Waals surface area contributed by atoms with Crippen LogP contribution in [0.15, 0.2) is 317 Å². The number of nitrogens with zero attached hydrogens (tertiary/aromatic N) is 6. The Bertz CT molecular complexity index is 5280. The number of aryl methyl sites for hydroxylation is 8. The van der Waals surface area contributed by atoms with Gasteiger partial charge in [-0.2, -0.15) is 0 Å². The number of para-hydroxylation sites is 2. The van der Waals surface area contributed by atoms with Gasteiger partial charge in [0.15, 0.2) is 0 Å². The maximum Gasteiger partial charge on any atom is 0.0986 e. The minimum absolute atomic E-state index is 0.957. The Morgan fingerprint density at radius 2 is 0.340 bits per heavy atom. The van der Waals surface area contributed by atoms with Gasteiger partial charge in [0, 0.05) is 106 Å². The molecule has 0 aliphatic carbocycles. The van der Waals surface area contributed by atoms with Crippen molar-refractivity contribution in [2.75, 3.05) is 0 Å². The summed E-state index contributed by atoms with van der Waals surface area (Å²) >= 11 is 0. The quantitative estimate of drug-likeness (QED) is 0.104. The van der Waals surface area contributed by atoms with Gasteiger partial charge in [0.1, 0.15) is 0 Å². The summed E-state index contributed by atoms with van der Waals surface area (Å²) < 4.78 is 14.9. The van der Waals surface area contributed by atoms with Crippen molar-refractivity contribution in [2.45, 2.75) is 55.4 Å². The van der Waals surface area contributed by atoms with Gasteiger partial charge in [0.05, 0.1) is 45.2 Å². The van der Waals surface area contributed by atoms with E-state index in [0.29, 0.717) is 0 Å². The standard InChI is InChI=1S/C94H76N6/c1-61-17-33-69(34-18-61)79-53-95(54-80(79)70-35-19-62(2)20-36-70)89-90(96-55-81(71-37-21-63(3)22-38-71)82(56-96)72-39-23-64(4)24-40-72)92(98-59-85(75-45-29-67(7)30-46-75)86(60-98)76-47-31-68(8)32-48-76)94(100-52-50-78-14-10-12-16-88(78)100)93(99-51-49-77-13-9-11-15-87(77)99)91(89)97-57-83(73-41-25-65(5)26-42-73)84(58-97)74-43-27-66(6)28-44-74/h9-60H,1-8H3. The second-order valence-electron chi connectivity index (χ2n) is 27.5. The lowest BCUT2D eigenvalue weighted by Gasteiger charge is -2.30. The lowest BCUT2D eigenvalue weighted by atomic mass is 9.98. The maximum atomic E-state index is 2.48. The van der Waals surface area contributed by atoms with Gasteiger partial charge in [0.2, 0.25) is 0 Å². The molecule has 0 spiro atoms. The van der Waals surface area contributed by atoms with Gasteiger partial charge >= 0.3 is 0 Å². The molecule has 0 atom stereocenters. The van der Waals surface area contributed by atoms with Crippen molar-refractivity contribution in [3.8, 4) is 123 Å². The van der Waals surface area contributed by atoms with E-state index in [1.165, 1.54) is 44.5 Å². The highest BCUT2D eigenvalue weighted by atomic mass is 15.2. The molecule has 100 heavy (non-hydrogen) atoms. The van der Waals surface area contributed by atoms with Gasteiger partial charge in [-0.25, -0.2) is 0 Å². The van der Waals surface area contributed by atoms with Crippen LogP contribution in [-0.4, -0.2) is 27.4 Å². The third-order valence-corrected chi connectivity index (χ3v) is 20.3. The lowest BCUT2D eigenvalue weighted by Crippen LogP contribution is -2.18. The summed E-state index contributed by atoms with van der Waals surface area (Å²) in [6, 6.07) is 94.8. The fourth-order valence-electron chi connectivity index (χ4n) is 14.7. The summed E-state index contributed by atoms with van der Waals surface area (Å²) in [6.45, 7) is 17.4. The number of hydrogen-bond acceptors (Lipinski definition) is 0. The molecule has 11 aromatic carbocycles. The molecule has 6 nitrogen and oxygen atoms in total. The molecule has 0 aliphatic rings. The molecule has 17 rings (SSSR count). The van der Waals surface area contributed by atoms with E-state index in [9.17, 15) is 0 Å². The van der Waals surface area contributed by atoms with Crippen LogP contribution in [0, 0.1) is 55.4 Å². The maximum absolute atomic E-state index is 2.48. The first-order chi connectivity index (χ1) is 48.8. The second kappa shape index (κ2) is 24.9. The second-order valence-corrected chi connectivity index (χ2v) is 27.5. The molecule has 0 unspecified atom stereocenters. The van der Waals surface area contributed by atoms with Crippen LogP contribution >= 0.6 is 0 Å². The molecule has 0 radical (unpaired) electrons. The van der Waals surface area contributed by atoms with Gasteiger partial charge in [-0.05, 0) is 135 Å². The molecule has 0 aliphatic heterocycles. The Kier molecular flexibility index (Phi) is 15.3. The van der Waals surface area contributed by atoms with Crippen LogP contribution < -0.4 is 0 Å². The summed E-state index contributed by atoms with van der Waals surface area (Å²) in [5.41, 5.74) is 35.5. The monoisotopic (exact) mass is 1290 g/mol. The van der Waals surface area contributed by atoms with Crippen LogP contribution in [-0.2, 0) is 0 Å². The molecular formula is C94H76N6. The van der Waals surface area contributed by atoms with E-state index in [4.69, 9.17) is 0 Å². The van der Waals surface area contributed by atoms with Crippen LogP contribution in [0.5, 0.6) is 0 Å². The van der Waals surface area contributed by atoms with E-state index in [2.05, 4.69) is 400 Å². The molecule has 0 saturated heterocycles. The number of fused-ring (bicyclic) bond motifs is 2. The first-order valence-electron chi connectivity index (χ1n) is 34.6. The van der Waals surface area contributed by atoms with Crippen molar-refractivity contribution in [3.63, 3.8) is 0 Å². The molecule has 0 saturated carbocycles. The first kappa shape index (κ1) is 61.2. The minimum atomic E-state index is 0.957. The number of rotatable bonds is 14. The van der Waals surface area contributed by atoms with Gasteiger partial charge < -0.3 is 27.4 Å². The van der Waals surface area contributed by atoms with Crippen molar-refractivity contribution >= 4 is 21.8 Å². The Balaban J connectivity index is 1.15. The van der Waals surface area contributed by atoms with Gasteiger partial charge in [-0.1, -0.05) is 275 Å². The molecule has 0 N–H and O–H groups in total. The van der Waals surface area contributed by atoms with Crippen LogP contribution in [0.25, 0.3) is 145 Å². The Hall–Kier alpha value is -12.4. The van der Waals surface area contributed by atoms with Crippen molar-refractivity contribution in [2.24, 2.45) is 0 Å². The van der Waals surface area contributed by atoms with Crippen LogP contribution in [0.2, 0.25) is 0 Å². The molecule has 0 amide bonds. The fraction of sp³-hybridized carbons (Fsp3) is 0.0851. The van der Waals surface area contributed by atoms with Gasteiger partial charge in [0.25, 0.3) is 0 Å². The van der Waals surface area contributed by atoms with Crippen LogP contribution in [0.1, 0.15) is 44.5 Å². The minimum Gasteiger partial charge on any atom is -0.319 e. The smallest absolute Gasteiger partial charge is 0.0986 e. The summed E-state index contributed by atoms with van der Waals surface area (Å²) in [6.07, 6.45) is 23.9. The summed E-state index contributed by atoms with van der Waals surface area (Å²) in [7, 11) is 0. The van der Waals surface area contributed by atoms with Crippen molar-refractivity contribution in [3.05, 3.63) is 361 Å². The third-order valence-electron chi connectivity index (χ3n) is 20.3. The molecule has 6 heteroatoms. The summed E-state index contributed by atoms with van der Waals surface area (Å²) in [5.74, 6) is 0. The topological polar surface area (TPSA) is 29.6 Å². The Morgan fingerprint density at radius 3 is 0.530 bits per heavy atom. The zero-order valence-electron chi connectivity index (χ0n) is 57.7. The van der Waals surface area contributed by atoms with Gasteiger partial charge in [-0.15, -0.1) is 0 Å². The predicted octanol–water partition coefficient (Wildman–Crippen LogP) is 24.5. The highest BCUT2D eigenvalue weighted by molar-refractivity contribution is 5.98. The van der Waals surface area contributed by atoms with E-state index in [1.54, 1.807) is 0 Å². The Morgan fingerprint density at radius 1 is 0.170 bits per heavy atom. The molecule has 482 valence electrons. The van der Waals surface area contributed by atoms with E-state index < -0.39 is 0 Å². The zero-order valence-corrected chi connectivity index (χ0v) is 57.7. The van der Waals surface area contributed by atoms with E-state index >= 15 is 0 Å². The highest BCUT2D eigenvalue weighted by Gasteiger charge is 2.35. The highest BCUT2D eigenvalue weighted by Crippen LogP contribution is 2.51. The fourth-order valence-corrected chi connectivity index (χ4v) is 14.7. The van der Waals surface area contributed by atoms with Gasteiger partial charge in [-0.3, -0.25) is 0 Å². The molecule has 0 fully saturated rings. The number of benzene rings is 11. The first-order valence-corrected chi connectivity index (χ1v) is 34.6. The lowest BCUT2D eigenvalue weighted by molar-refractivity contribution is 0.902. The van der Waals surface area contributed by atoms with Crippen LogP contribution in [0.4, 0.5) is 0 Å². The average molecular weight is 1290 g/mol. The largest absolute Gasteiger partial charge is 0.319 e. The molecule has 6 aromatic heterocycles. The Labute approximate surface area is 585 Å². The third kappa shape index (κ3) is 11.0. The van der Waals surface area contributed by atoms with E-state index in [0.717, 1.165) is 145 Å². The molecular weight excluding hydrogens is 1210 g/mol. The van der Waals surface area contributed by atoms with E-state index in [-0.39, 0.29) is 0 Å². The zero-order chi connectivity index (χ0) is 67.9. The van der Waals surface area contributed by atoms with Crippen LogP contribution in [0.3, 0.4) is 0 Å². The predicted molar refractivity (Wildman–Crippen MR) is 419 cm³/mol. The number of aromatic nitrogens is 6. The van der Waals surface area contributed by atoms with Crippen molar-refractivity contribution in [1.29, 1.82) is 0 Å². The van der Waals surface area contributed by atoms with Crippen molar-refractivity contribution in [1.82, 2.24) is 27.4 Å². The molecule has 17 aromatic rings. The SMILES string of the molecule is Cc1ccc(-c2cn(-c3c(-n4cc(-c5ccc(C)cc5)c(-c5ccc(C)cc5)c4)c(-n4cc(-c5ccc(C)cc5)c(-c5ccc(C)cc5)c4)c(-n4ccc5ccccc54)c(-n4ccc5ccccc54)c3-n3cc(-c4ccc(C)cc4)c(-c4ccc(C)cc4)c3)cc2-c2ccc(C)cc2)cc1. The van der Waals surface area contributed by atoms with Crippen molar-refractivity contribution < 1.29 is 0 Å².